The molecule has 0 saturated carbocycles. The van der Waals surface area contributed by atoms with E-state index in [-0.39, 0.29) is 5.41 Å². The van der Waals surface area contributed by atoms with E-state index >= 15 is 0 Å². The van der Waals surface area contributed by atoms with Gasteiger partial charge in [0.05, 0.1) is 17.5 Å². The van der Waals surface area contributed by atoms with Gasteiger partial charge >= 0.3 is 0 Å². The molecule has 3 heteroatoms. The smallest absolute Gasteiger partial charge is 0.224 e. The van der Waals surface area contributed by atoms with Crippen LogP contribution in [0.15, 0.2) is 53.7 Å². The summed E-state index contributed by atoms with van der Waals surface area (Å²) in [4.78, 5) is 8.39. The molecule has 2 aromatic rings. The number of hydrogen-bond acceptors (Lipinski definition) is 3. The van der Waals surface area contributed by atoms with Gasteiger partial charge in [-0.25, -0.2) is 0 Å². The fraction of sp³-hybridized carbons (Fsp3) is 0.350. The molecule has 0 radical (unpaired) electrons. The molecule has 0 amide bonds. The number of nitrogens with zero attached hydrogens (tertiary/aromatic N) is 2. The number of hydrogen-bond donors (Lipinski definition) is 0. The fourth-order valence-electron chi connectivity index (χ4n) is 4.04. The molecule has 1 atom stereocenters. The van der Waals surface area contributed by atoms with Crippen LogP contribution in [-0.2, 0) is 10.3 Å². The number of likely N-dealkylation sites (N-methyl/N-ethyl adjacent to an activating group) is 1. The maximum absolute atomic E-state index is 6.13. The highest BCUT2D eigenvalue weighted by molar-refractivity contribution is 6.02. The highest BCUT2D eigenvalue weighted by Gasteiger charge is 2.61. The van der Waals surface area contributed by atoms with Gasteiger partial charge in [-0.15, -0.1) is 0 Å². The predicted molar refractivity (Wildman–Crippen MR) is 94.0 cm³/mol. The molecular weight excluding hydrogens is 284 g/mol. The number of para-hydroxylation sites is 1. The molecular formula is C20H22N2O. The molecule has 0 unspecified atom stereocenters. The standard InChI is InChI=1S/C20H22N2O/c1-14-8-7-9-15(12-14)17-13-20(23-21-17)19(2,3)16-10-5-6-11-18(16)22(20)4/h5-12H,13H2,1-4H3/t20-/m0/s1. The number of aryl methyl sites for hydroxylation is 1. The third-order valence-electron chi connectivity index (χ3n) is 5.52. The zero-order valence-corrected chi connectivity index (χ0v) is 14.1. The molecule has 3 nitrogen and oxygen atoms in total. The van der Waals surface area contributed by atoms with Crippen molar-refractivity contribution in [1.82, 2.24) is 0 Å². The molecule has 23 heavy (non-hydrogen) atoms. The van der Waals surface area contributed by atoms with Crippen LogP contribution < -0.4 is 4.90 Å². The second-order valence-corrected chi connectivity index (χ2v) is 7.16. The minimum Gasteiger partial charge on any atom is -0.366 e. The number of rotatable bonds is 1. The Hall–Kier alpha value is -2.29. The summed E-state index contributed by atoms with van der Waals surface area (Å²) in [6.07, 6.45) is 0.786. The van der Waals surface area contributed by atoms with E-state index in [1.165, 1.54) is 16.8 Å². The number of anilines is 1. The molecule has 0 bridgehead atoms. The fourth-order valence-corrected chi connectivity index (χ4v) is 4.04. The lowest BCUT2D eigenvalue weighted by molar-refractivity contribution is -0.0591. The summed E-state index contributed by atoms with van der Waals surface area (Å²) in [6.45, 7) is 6.62. The molecule has 118 valence electrons. The van der Waals surface area contributed by atoms with Gasteiger partial charge < -0.3 is 9.74 Å². The molecule has 2 aliphatic rings. The molecule has 0 aromatic heterocycles. The topological polar surface area (TPSA) is 24.8 Å². The number of benzene rings is 2. The van der Waals surface area contributed by atoms with Gasteiger partial charge in [-0.2, -0.15) is 0 Å². The van der Waals surface area contributed by atoms with Gasteiger partial charge in [0.15, 0.2) is 0 Å². The monoisotopic (exact) mass is 306 g/mol. The van der Waals surface area contributed by atoms with Crippen LogP contribution in [0.25, 0.3) is 0 Å². The Morgan fingerprint density at radius 1 is 1.09 bits per heavy atom. The largest absolute Gasteiger partial charge is 0.366 e. The lowest BCUT2D eigenvalue weighted by Crippen LogP contribution is -2.54. The van der Waals surface area contributed by atoms with Crippen LogP contribution in [0.2, 0.25) is 0 Å². The first-order valence-electron chi connectivity index (χ1n) is 8.11. The summed E-state index contributed by atoms with van der Waals surface area (Å²) in [7, 11) is 2.11. The molecule has 0 saturated heterocycles. The molecule has 4 rings (SSSR count). The van der Waals surface area contributed by atoms with Gasteiger partial charge in [-0.05, 0) is 38.0 Å². The first-order valence-corrected chi connectivity index (χ1v) is 8.11. The van der Waals surface area contributed by atoms with Gasteiger partial charge in [0.2, 0.25) is 5.72 Å². The van der Waals surface area contributed by atoms with E-state index < -0.39 is 5.72 Å². The van der Waals surface area contributed by atoms with E-state index in [1.54, 1.807) is 0 Å². The third-order valence-corrected chi connectivity index (χ3v) is 5.52. The van der Waals surface area contributed by atoms with Crippen molar-refractivity contribution in [3.05, 3.63) is 65.2 Å². The quantitative estimate of drug-likeness (QED) is 0.787. The minimum absolute atomic E-state index is 0.132. The van der Waals surface area contributed by atoms with Crippen LogP contribution in [-0.4, -0.2) is 18.5 Å². The van der Waals surface area contributed by atoms with E-state index in [1.807, 2.05) is 0 Å². The van der Waals surface area contributed by atoms with Crippen molar-refractivity contribution >= 4 is 11.4 Å². The molecule has 0 fully saturated rings. The highest BCUT2D eigenvalue weighted by atomic mass is 16.7. The van der Waals surface area contributed by atoms with Crippen molar-refractivity contribution in [2.75, 3.05) is 11.9 Å². The summed E-state index contributed by atoms with van der Waals surface area (Å²) in [5.41, 5.74) is 5.40. The van der Waals surface area contributed by atoms with Gasteiger partial charge in [0, 0.05) is 12.7 Å². The summed E-state index contributed by atoms with van der Waals surface area (Å²) in [5, 5.41) is 4.49. The van der Waals surface area contributed by atoms with Crippen molar-refractivity contribution < 1.29 is 4.84 Å². The van der Waals surface area contributed by atoms with Crippen LogP contribution in [0.1, 0.15) is 37.0 Å². The minimum atomic E-state index is -0.449. The van der Waals surface area contributed by atoms with Crippen molar-refractivity contribution in [3.8, 4) is 0 Å². The summed E-state index contributed by atoms with van der Waals surface area (Å²) < 4.78 is 0. The molecule has 2 heterocycles. The van der Waals surface area contributed by atoms with Crippen molar-refractivity contribution in [2.45, 2.75) is 38.3 Å². The Morgan fingerprint density at radius 2 is 1.87 bits per heavy atom. The van der Waals surface area contributed by atoms with E-state index in [2.05, 4.69) is 86.4 Å². The SMILES string of the molecule is Cc1cccc(C2=NO[C@]3(C2)N(C)c2ccccc2C3(C)C)c1. The zero-order valence-electron chi connectivity index (χ0n) is 14.1. The van der Waals surface area contributed by atoms with Crippen LogP contribution >= 0.6 is 0 Å². The van der Waals surface area contributed by atoms with Gasteiger partial charge in [0.1, 0.15) is 0 Å². The first-order chi connectivity index (χ1) is 11.0. The molecule has 0 aliphatic carbocycles. The zero-order chi connectivity index (χ0) is 16.2. The average molecular weight is 306 g/mol. The lowest BCUT2D eigenvalue weighted by atomic mass is 9.75. The average Bonchev–Trinajstić information content (AvgIpc) is 3.06. The van der Waals surface area contributed by atoms with Crippen LogP contribution in [0.3, 0.4) is 0 Å². The Labute approximate surface area is 137 Å². The second kappa shape index (κ2) is 4.60. The van der Waals surface area contributed by atoms with Crippen LogP contribution in [0.5, 0.6) is 0 Å². The van der Waals surface area contributed by atoms with E-state index in [4.69, 9.17) is 4.84 Å². The maximum Gasteiger partial charge on any atom is 0.224 e. The number of fused-ring (bicyclic) bond motifs is 1. The molecule has 0 N–H and O–H groups in total. The van der Waals surface area contributed by atoms with Crippen LogP contribution in [0, 0.1) is 6.92 Å². The van der Waals surface area contributed by atoms with Crippen LogP contribution in [0.4, 0.5) is 5.69 Å². The van der Waals surface area contributed by atoms with Gasteiger partial charge in [0.25, 0.3) is 0 Å². The third kappa shape index (κ3) is 1.79. The Morgan fingerprint density at radius 3 is 2.61 bits per heavy atom. The van der Waals surface area contributed by atoms with Gasteiger partial charge in [-0.3, -0.25) is 0 Å². The Kier molecular flexibility index (Phi) is 2.87. The van der Waals surface area contributed by atoms with E-state index in [0.717, 1.165) is 17.7 Å². The second-order valence-electron chi connectivity index (χ2n) is 7.16. The number of oxime groups is 1. The van der Waals surface area contributed by atoms with Gasteiger partial charge in [-0.1, -0.05) is 53.2 Å². The summed E-state index contributed by atoms with van der Waals surface area (Å²) in [6, 6.07) is 17.0. The van der Waals surface area contributed by atoms with Crippen molar-refractivity contribution in [3.63, 3.8) is 0 Å². The van der Waals surface area contributed by atoms with Crippen molar-refractivity contribution in [2.24, 2.45) is 5.16 Å². The Bertz CT molecular complexity index is 809. The predicted octanol–water partition coefficient (Wildman–Crippen LogP) is 4.24. The molecule has 1 spiro atoms. The highest BCUT2D eigenvalue weighted by Crippen LogP contribution is 2.55. The van der Waals surface area contributed by atoms with E-state index in [0.29, 0.717) is 0 Å². The normalized spacial score (nSPS) is 24.5. The molecule has 2 aromatic carbocycles. The molecule has 2 aliphatic heterocycles. The summed E-state index contributed by atoms with van der Waals surface area (Å²) in [5.74, 6) is 0. The van der Waals surface area contributed by atoms with E-state index in [9.17, 15) is 0 Å². The van der Waals surface area contributed by atoms with Crippen molar-refractivity contribution in [1.29, 1.82) is 0 Å². The lowest BCUT2D eigenvalue weighted by Gasteiger charge is -2.40. The first kappa shape index (κ1) is 14.3. The Balaban J connectivity index is 1.75. The maximum atomic E-state index is 6.13. The summed E-state index contributed by atoms with van der Waals surface area (Å²) >= 11 is 0.